The van der Waals surface area contributed by atoms with E-state index in [9.17, 15) is 4.79 Å². The van der Waals surface area contributed by atoms with Crippen LogP contribution >= 0.6 is 11.3 Å². The molecule has 0 radical (unpaired) electrons. The Kier molecular flexibility index (Phi) is 4.62. The maximum absolute atomic E-state index is 12.5. The van der Waals surface area contributed by atoms with Crippen LogP contribution in [0.4, 0.5) is 0 Å². The minimum absolute atomic E-state index is 0.0928. The van der Waals surface area contributed by atoms with Crippen LogP contribution in [-0.4, -0.2) is 35.1 Å². The number of carbonyl (C=O) groups excluding carboxylic acids is 1. The zero-order valence-corrected chi connectivity index (χ0v) is 12.2. The van der Waals surface area contributed by atoms with Gasteiger partial charge in [0.25, 0.3) is 5.91 Å². The van der Waals surface area contributed by atoms with Crippen LogP contribution in [0.25, 0.3) is 0 Å². The largest absolute Gasteiger partial charge is 0.384 e. The molecule has 1 saturated carbocycles. The highest BCUT2D eigenvalue weighted by Gasteiger charge is 2.28. The molecule has 4 heteroatoms. The Morgan fingerprint density at radius 1 is 1.58 bits per heavy atom. The van der Waals surface area contributed by atoms with E-state index < -0.39 is 0 Å². The van der Waals surface area contributed by atoms with Gasteiger partial charge in [-0.25, -0.2) is 0 Å². The van der Waals surface area contributed by atoms with E-state index in [-0.39, 0.29) is 18.6 Å². The average Bonchev–Trinajstić information content (AvgIpc) is 3.08. The predicted molar refractivity (Wildman–Crippen MR) is 77.2 cm³/mol. The number of thiophene rings is 1. The smallest absolute Gasteiger partial charge is 0.254 e. The number of amides is 1. The van der Waals surface area contributed by atoms with Gasteiger partial charge in [0.2, 0.25) is 0 Å². The topological polar surface area (TPSA) is 40.5 Å². The number of hydrogen-bond donors (Lipinski definition) is 1. The fourth-order valence-corrected chi connectivity index (χ4v) is 2.66. The van der Waals surface area contributed by atoms with Crippen LogP contribution in [0.2, 0.25) is 0 Å². The average molecular weight is 277 g/mol. The Morgan fingerprint density at radius 2 is 2.32 bits per heavy atom. The Labute approximate surface area is 118 Å². The van der Waals surface area contributed by atoms with E-state index in [0.717, 1.165) is 11.4 Å². The second kappa shape index (κ2) is 6.23. The molecule has 2 rings (SSSR count). The molecule has 1 aliphatic rings. The minimum Gasteiger partial charge on any atom is -0.384 e. The van der Waals surface area contributed by atoms with Gasteiger partial charge in [0.1, 0.15) is 6.61 Å². The van der Waals surface area contributed by atoms with Crippen LogP contribution < -0.4 is 0 Å². The normalized spacial score (nSPS) is 14.1. The molecule has 1 aromatic rings. The zero-order chi connectivity index (χ0) is 13.8. The highest BCUT2D eigenvalue weighted by atomic mass is 32.1. The molecule has 0 atom stereocenters. The zero-order valence-electron chi connectivity index (χ0n) is 11.3. The van der Waals surface area contributed by atoms with Gasteiger partial charge in [-0.1, -0.05) is 11.8 Å². The van der Waals surface area contributed by atoms with Crippen molar-refractivity contribution in [3.05, 3.63) is 21.9 Å². The van der Waals surface area contributed by atoms with E-state index in [1.165, 1.54) is 24.2 Å². The van der Waals surface area contributed by atoms with E-state index in [4.69, 9.17) is 5.11 Å². The third-order valence-corrected chi connectivity index (χ3v) is 4.02. The molecule has 0 aromatic carbocycles. The quantitative estimate of drug-likeness (QED) is 0.858. The van der Waals surface area contributed by atoms with Crippen molar-refractivity contribution in [2.24, 2.45) is 5.92 Å². The first-order chi connectivity index (χ1) is 9.11. The fourth-order valence-electron chi connectivity index (χ4n) is 1.91. The summed E-state index contributed by atoms with van der Waals surface area (Å²) in [6.45, 7) is 4.82. The molecule has 0 aliphatic heterocycles. The van der Waals surface area contributed by atoms with Crippen molar-refractivity contribution in [2.45, 2.75) is 32.7 Å². The van der Waals surface area contributed by atoms with Crippen molar-refractivity contribution in [1.29, 1.82) is 0 Å². The van der Waals surface area contributed by atoms with Crippen LogP contribution in [0.5, 0.6) is 0 Å². The van der Waals surface area contributed by atoms with Crippen LogP contribution in [-0.2, 0) is 0 Å². The number of aliphatic hydroxyl groups is 1. The molecule has 102 valence electrons. The van der Waals surface area contributed by atoms with Gasteiger partial charge in [0, 0.05) is 18.0 Å². The van der Waals surface area contributed by atoms with Gasteiger partial charge in [-0.2, -0.15) is 0 Å². The summed E-state index contributed by atoms with van der Waals surface area (Å²) < 4.78 is 0. The third-order valence-electron chi connectivity index (χ3n) is 3.17. The lowest BCUT2D eigenvalue weighted by Crippen LogP contribution is -2.38. The second-order valence-corrected chi connectivity index (χ2v) is 6.07. The maximum atomic E-state index is 12.5. The molecule has 19 heavy (non-hydrogen) atoms. The standard InChI is InChI=1S/C15H19NO2S/c1-11(2)16(9-12-5-6-12)15(18)13-8-14(19-10-13)4-3-7-17/h8,10-12,17H,5-7,9H2,1-2H3. The number of carbonyl (C=O) groups is 1. The first-order valence-corrected chi connectivity index (χ1v) is 7.49. The lowest BCUT2D eigenvalue weighted by molar-refractivity contribution is 0.0697. The lowest BCUT2D eigenvalue weighted by Gasteiger charge is -2.26. The Bertz CT molecular complexity index is 506. The van der Waals surface area contributed by atoms with Crippen molar-refractivity contribution in [1.82, 2.24) is 4.90 Å². The van der Waals surface area contributed by atoms with Crippen molar-refractivity contribution in [3.63, 3.8) is 0 Å². The Hall–Kier alpha value is -1.31. The highest BCUT2D eigenvalue weighted by Crippen LogP contribution is 2.31. The molecule has 0 unspecified atom stereocenters. The summed E-state index contributed by atoms with van der Waals surface area (Å²) in [6, 6.07) is 2.04. The van der Waals surface area contributed by atoms with Gasteiger partial charge < -0.3 is 10.0 Å². The number of aliphatic hydroxyl groups excluding tert-OH is 1. The van der Waals surface area contributed by atoms with E-state index in [1.807, 2.05) is 16.3 Å². The Morgan fingerprint density at radius 3 is 2.89 bits per heavy atom. The van der Waals surface area contributed by atoms with E-state index in [0.29, 0.717) is 11.5 Å². The fraction of sp³-hybridized carbons (Fsp3) is 0.533. The number of rotatable bonds is 4. The highest BCUT2D eigenvalue weighted by molar-refractivity contribution is 7.10. The summed E-state index contributed by atoms with van der Waals surface area (Å²) in [4.78, 5) is 15.2. The van der Waals surface area contributed by atoms with Crippen molar-refractivity contribution < 1.29 is 9.90 Å². The van der Waals surface area contributed by atoms with E-state index in [2.05, 4.69) is 25.7 Å². The van der Waals surface area contributed by atoms with Crippen LogP contribution in [0.3, 0.4) is 0 Å². The molecule has 0 spiro atoms. The summed E-state index contributed by atoms with van der Waals surface area (Å²) in [7, 11) is 0. The van der Waals surface area contributed by atoms with Crippen LogP contribution in [0, 0.1) is 17.8 Å². The number of nitrogens with zero attached hydrogens (tertiary/aromatic N) is 1. The second-order valence-electron chi connectivity index (χ2n) is 5.15. The molecule has 0 saturated heterocycles. The number of hydrogen-bond acceptors (Lipinski definition) is 3. The van der Waals surface area contributed by atoms with Crippen LogP contribution in [0.1, 0.15) is 41.9 Å². The van der Waals surface area contributed by atoms with Gasteiger partial charge in [-0.3, -0.25) is 4.79 Å². The molecule has 1 N–H and O–H groups in total. The first-order valence-electron chi connectivity index (χ1n) is 6.61. The summed E-state index contributed by atoms with van der Waals surface area (Å²) >= 11 is 1.45. The van der Waals surface area contributed by atoms with E-state index >= 15 is 0 Å². The SMILES string of the molecule is CC(C)N(CC1CC1)C(=O)c1csc(C#CCO)c1. The molecule has 1 fully saturated rings. The monoisotopic (exact) mass is 277 g/mol. The molecule has 1 aliphatic carbocycles. The summed E-state index contributed by atoms with van der Waals surface area (Å²) in [6.07, 6.45) is 2.49. The van der Waals surface area contributed by atoms with Crippen molar-refractivity contribution in [2.75, 3.05) is 13.2 Å². The molecule has 3 nitrogen and oxygen atoms in total. The summed E-state index contributed by atoms with van der Waals surface area (Å²) in [5.41, 5.74) is 0.710. The molecule has 1 heterocycles. The van der Waals surface area contributed by atoms with Gasteiger partial charge >= 0.3 is 0 Å². The molecule has 1 aromatic heterocycles. The van der Waals surface area contributed by atoms with Crippen LogP contribution in [0.15, 0.2) is 11.4 Å². The summed E-state index contributed by atoms with van der Waals surface area (Å²) in [5, 5.41) is 10.5. The van der Waals surface area contributed by atoms with Gasteiger partial charge in [-0.05, 0) is 38.7 Å². The van der Waals surface area contributed by atoms with Crippen molar-refractivity contribution >= 4 is 17.2 Å². The lowest BCUT2D eigenvalue weighted by atomic mass is 10.2. The Balaban J connectivity index is 2.09. The van der Waals surface area contributed by atoms with Gasteiger partial charge in [0.15, 0.2) is 0 Å². The molecule has 0 bridgehead atoms. The molecular weight excluding hydrogens is 258 g/mol. The third kappa shape index (κ3) is 3.82. The van der Waals surface area contributed by atoms with Crippen molar-refractivity contribution in [3.8, 4) is 11.8 Å². The van der Waals surface area contributed by atoms with E-state index in [1.54, 1.807) is 0 Å². The predicted octanol–water partition coefficient (Wildman–Crippen LogP) is 2.35. The van der Waals surface area contributed by atoms with Gasteiger partial charge in [0.05, 0.1) is 10.4 Å². The molecular formula is C15H19NO2S. The summed E-state index contributed by atoms with van der Waals surface area (Å²) in [5.74, 6) is 6.23. The minimum atomic E-state index is -0.152. The van der Waals surface area contributed by atoms with Gasteiger partial charge in [-0.15, -0.1) is 11.3 Å². The maximum Gasteiger partial charge on any atom is 0.254 e. The molecule has 1 amide bonds. The first kappa shape index (κ1) is 14.1.